The van der Waals surface area contributed by atoms with Crippen LogP contribution < -0.4 is 0 Å². The van der Waals surface area contributed by atoms with E-state index in [2.05, 4.69) is 0 Å². The lowest BCUT2D eigenvalue weighted by Crippen LogP contribution is -2.39. The topological polar surface area (TPSA) is 81.5 Å². The summed E-state index contributed by atoms with van der Waals surface area (Å²) >= 11 is 0. The third-order valence-corrected chi connectivity index (χ3v) is 5.76. The Hall–Kier alpha value is -1.98. The number of hydrogen-bond acceptors (Lipinski definition) is 4. The van der Waals surface area contributed by atoms with Gasteiger partial charge in [-0.15, -0.1) is 0 Å². The molecule has 118 valence electrons. The lowest BCUT2D eigenvalue weighted by Gasteiger charge is -2.23. The van der Waals surface area contributed by atoms with Crippen LogP contribution in [0.15, 0.2) is 23.1 Å². The molecule has 0 spiro atoms. The fourth-order valence-corrected chi connectivity index (χ4v) is 4.09. The van der Waals surface area contributed by atoms with Crippen molar-refractivity contribution >= 4 is 15.9 Å². The quantitative estimate of drug-likeness (QED) is 0.828. The summed E-state index contributed by atoms with van der Waals surface area (Å²) in [5, 5.41) is 9.02. The van der Waals surface area contributed by atoms with Gasteiger partial charge >= 0.3 is 0 Å². The van der Waals surface area contributed by atoms with Gasteiger partial charge in [-0.3, -0.25) is 4.79 Å². The summed E-state index contributed by atoms with van der Waals surface area (Å²) in [7, 11) is -2.35. The minimum absolute atomic E-state index is 0.0928. The Balaban J connectivity index is 2.32. The van der Waals surface area contributed by atoms with E-state index in [-0.39, 0.29) is 35.5 Å². The van der Waals surface area contributed by atoms with Crippen molar-refractivity contribution in [1.29, 1.82) is 5.26 Å². The van der Waals surface area contributed by atoms with E-state index >= 15 is 0 Å². The second-order valence-corrected chi connectivity index (χ2v) is 7.09. The van der Waals surface area contributed by atoms with Crippen molar-refractivity contribution in [3.63, 3.8) is 0 Å². The highest BCUT2D eigenvalue weighted by atomic mass is 32.2. The number of rotatable bonds is 3. The molecule has 1 fully saturated rings. The van der Waals surface area contributed by atoms with Crippen molar-refractivity contribution in [2.75, 3.05) is 20.1 Å². The number of amides is 1. The summed E-state index contributed by atoms with van der Waals surface area (Å²) in [5.41, 5.74) is -0.0928. The second kappa shape index (κ2) is 6.02. The van der Waals surface area contributed by atoms with Crippen LogP contribution in [0.3, 0.4) is 0 Å². The number of nitrogens with zero attached hydrogens (tertiary/aromatic N) is 3. The molecule has 1 aliphatic rings. The highest BCUT2D eigenvalue weighted by Crippen LogP contribution is 2.26. The van der Waals surface area contributed by atoms with Crippen LogP contribution in [0.4, 0.5) is 4.39 Å². The molecule has 1 aliphatic heterocycles. The number of likely N-dealkylation sites (N-methyl/N-ethyl adjacent to an activating group) is 1. The van der Waals surface area contributed by atoms with E-state index in [0.717, 1.165) is 18.2 Å². The number of carbonyl (C=O) groups excluding carboxylic acids is 1. The Bertz CT molecular complexity index is 742. The van der Waals surface area contributed by atoms with Crippen LogP contribution in [0, 0.1) is 17.1 Å². The van der Waals surface area contributed by atoms with Gasteiger partial charge in [0, 0.05) is 33.1 Å². The molecule has 1 aromatic carbocycles. The molecule has 0 saturated carbocycles. The summed E-state index contributed by atoms with van der Waals surface area (Å²) in [6.07, 6.45) is 0.506. The summed E-state index contributed by atoms with van der Waals surface area (Å²) in [5.74, 6) is -0.859. The van der Waals surface area contributed by atoms with Crippen molar-refractivity contribution < 1.29 is 17.6 Å². The first-order chi connectivity index (χ1) is 10.3. The first kappa shape index (κ1) is 16.4. The summed E-state index contributed by atoms with van der Waals surface area (Å²) in [6.45, 7) is 1.78. The largest absolute Gasteiger partial charge is 0.342 e. The highest BCUT2D eigenvalue weighted by molar-refractivity contribution is 7.89. The third kappa shape index (κ3) is 2.96. The Morgan fingerprint density at radius 3 is 2.77 bits per heavy atom. The van der Waals surface area contributed by atoms with Crippen LogP contribution in [0.1, 0.15) is 18.9 Å². The molecular formula is C14H16FN3O3S. The average molecular weight is 325 g/mol. The summed E-state index contributed by atoms with van der Waals surface area (Å²) < 4.78 is 39.8. The molecule has 1 atom stereocenters. The standard InChI is InChI=1S/C14H16FN3O3S/c1-10(19)17(2)13-5-6-18(9-13)22(20,21)14-7-12(15)4-3-11(14)8-16/h3-4,7,13H,5-6,9H2,1-2H3. The molecule has 1 saturated heterocycles. The number of sulfonamides is 1. The molecule has 1 heterocycles. The fourth-order valence-electron chi connectivity index (χ4n) is 2.44. The zero-order chi connectivity index (χ0) is 16.5. The molecule has 0 bridgehead atoms. The van der Waals surface area contributed by atoms with Crippen molar-refractivity contribution in [2.45, 2.75) is 24.3 Å². The van der Waals surface area contributed by atoms with E-state index in [1.165, 1.54) is 16.1 Å². The zero-order valence-corrected chi connectivity index (χ0v) is 13.1. The Morgan fingerprint density at radius 1 is 1.50 bits per heavy atom. The Kier molecular flexibility index (Phi) is 4.49. The maximum absolute atomic E-state index is 13.4. The van der Waals surface area contributed by atoms with E-state index in [0.29, 0.717) is 6.42 Å². The van der Waals surface area contributed by atoms with E-state index in [4.69, 9.17) is 5.26 Å². The first-order valence-corrected chi connectivity index (χ1v) is 8.14. The van der Waals surface area contributed by atoms with Gasteiger partial charge in [0.15, 0.2) is 0 Å². The van der Waals surface area contributed by atoms with Crippen LogP contribution in [0.2, 0.25) is 0 Å². The minimum atomic E-state index is -3.96. The lowest BCUT2D eigenvalue weighted by atomic mass is 10.2. The maximum atomic E-state index is 13.4. The number of nitriles is 1. The molecular weight excluding hydrogens is 309 g/mol. The van der Waals surface area contributed by atoms with Crippen LogP contribution >= 0.6 is 0 Å². The Labute approximate surface area is 128 Å². The van der Waals surface area contributed by atoms with Gasteiger partial charge in [-0.05, 0) is 24.6 Å². The minimum Gasteiger partial charge on any atom is -0.342 e. The van der Waals surface area contributed by atoms with Gasteiger partial charge in [0.1, 0.15) is 16.8 Å². The SMILES string of the molecule is CC(=O)N(C)C1CCN(S(=O)(=O)c2cc(F)ccc2C#N)C1. The molecule has 8 heteroatoms. The summed E-state index contributed by atoms with van der Waals surface area (Å²) in [4.78, 5) is 12.5. The molecule has 1 unspecified atom stereocenters. The van der Waals surface area contributed by atoms with Gasteiger partial charge in [-0.25, -0.2) is 12.8 Å². The fraction of sp³-hybridized carbons (Fsp3) is 0.429. The summed E-state index contributed by atoms with van der Waals surface area (Å²) in [6, 6.07) is 4.61. The number of hydrogen-bond donors (Lipinski definition) is 0. The monoisotopic (exact) mass is 325 g/mol. The number of carbonyl (C=O) groups is 1. The first-order valence-electron chi connectivity index (χ1n) is 6.70. The molecule has 0 aromatic heterocycles. The molecule has 2 rings (SSSR count). The molecule has 22 heavy (non-hydrogen) atoms. The zero-order valence-electron chi connectivity index (χ0n) is 12.3. The third-order valence-electron chi connectivity index (χ3n) is 3.85. The molecule has 6 nitrogen and oxygen atoms in total. The second-order valence-electron chi connectivity index (χ2n) is 5.19. The van der Waals surface area contributed by atoms with E-state index in [9.17, 15) is 17.6 Å². The van der Waals surface area contributed by atoms with Crippen molar-refractivity contribution in [1.82, 2.24) is 9.21 Å². The number of halogens is 1. The lowest BCUT2D eigenvalue weighted by molar-refractivity contribution is -0.129. The Morgan fingerprint density at radius 2 is 2.18 bits per heavy atom. The maximum Gasteiger partial charge on any atom is 0.244 e. The number of benzene rings is 1. The van der Waals surface area contributed by atoms with E-state index in [1.54, 1.807) is 13.1 Å². The highest BCUT2D eigenvalue weighted by Gasteiger charge is 2.36. The van der Waals surface area contributed by atoms with Crippen molar-refractivity contribution in [3.8, 4) is 6.07 Å². The molecule has 1 amide bonds. The van der Waals surface area contributed by atoms with Gasteiger partial charge in [0.25, 0.3) is 0 Å². The smallest absolute Gasteiger partial charge is 0.244 e. The van der Waals surface area contributed by atoms with Crippen LogP contribution in [-0.2, 0) is 14.8 Å². The molecule has 0 aliphatic carbocycles. The van der Waals surface area contributed by atoms with E-state index < -0.39 is 15.8 Å². The van der Waals surface area contributed by atoms with Gasteiger partial charge in [0.05, 0.1) is 5.56 Å². The van der Waals surface area contributed by atoms with E-state index in [1.807, 2.05) is 0 Å². The van der Waals surface area contributed by atoms with Crippen LogP contribution in [0.25, 0.3) is 0 Å². The van der Waals surface area contributed by atoms with Gasteiger partial charge in [0.2, 0.25) is 15.9 Å². The predicted molar refractivity (Wildman–Crippen MR) is 76.7 cm³/mol. The molecule has 0 radical (unpaired) electrons. The molecule has 1 aromatic rings. The van der Waals surface area contributed by atoms with Gasteiger partial charge < -0.3 is 4.90 Å². The normalized spacial score (nSPS) is 18.9. The van der Waals surface area contributed by atoms with Crippen molar-refractivity contribution in [2.24, 2.45) is 0 Å². The van der Waals surface area contributed by atoms with Gasteiger partial charge in [-0.1, -0.05) is 0 Å². The predicted octanol–water partition coefficient (Wildman–Crippen LogP) is 0.939. The van der Waals surface area contributed by atoms with Crippen molar-refractivity contribution in [3.05, 3.63) is 29.6 Å². The van der Waals surface area contributed by atoms with Crippen LogP contribution in [-0.4, -0.2) is 49.7 Å². The molecule has 0 N–H and O–H groups in total. The van der Waals surface area contributed by atoms with Crippen LogP contribution in [0.5, 0.6) is 0 Å². The van der Waals surface area contributed by atoms with Gasteiger partial charge in [-0.2, -0.15) is 9.57 Å². The average Bonchev–Trinajstić information content (AvgIpc) is 2.96.